The summed E-state index contributed by atoms with van der Waals surface area (Å²) in [6.07, 6.45) is 0. The van der Waals surface area contributed by atoms with E-state index in [1.165, 1.54) is 11.3 Å². The number of carbonyl (C=O) groups excluding carboxylic acids is 3. The SMILES string of the molecule is COc1ccc([C@@]2(C)NC(=O)N(CC(=O)c3cccs3)C2=O)cc1. The van der Waals surface area contributed by atoms with Gasteiger partial charge in [0.25, 0.3) is 5.91 Å². The second-order valence-electron chi connectivity index (χ2n) is 5.58. The summed E-state index contributed by atoms with van der Waals surface area (Å²) in [5.74, 6) is -0.0427. The van der Waals surface area contributed by atoms with E-state index in [1.54, 1.807) is 55.8 Å². The van der Waals surface area contributed by atoms with Crippen molar-refractivity contribution in [3.05, 3.63) is 52.2 Å². The van der Waals surface area contributed by atoms with Gasteiger partial charge in [0.05, 0.1) is 18.5 Å². The molecular weight excluding hydrogens is 328 g/mol. The van der Waals surface area contributed by atoms with Crippen LogP contribution in [0.3, 0.4) is 0 Å². The average molecular weight is 344 g/mol. The standard InChI is InChI=1S/C17H16N2O4S/c1-17(11-5-7-12(23-2)8-6-11)15(21)19(16(22)18-17)10-13(20)14-4-3-9-24-14/h3-9H,10H2,1-2H3,(H,18,22)/t17-/m1/s1. The normalized spacial score (nSPS) is 20.2. The van der Waals surface area contributed by atoms with Crippen molar-refractivity contribution in [2.45, 2.75) is 12.5 Å². The van der Waals surface area contributed by atoms with Crippen molar-refractivity contribution in [1.82, 2.24) is 10.2 Å². The Morgan fingerprint density at radius 3 is 2.54 bits per heavy atom. The summed E-state index contributed by atoms with van der Waals surface area (Å²) in [5, 5.41) is 4.46. The molecule has 24 heavy (non-hydrogen) atoms. The number of amides is 3. The number of nitrogens with zero attached hydrogens (tertiary/aromatic N) is 1. The van der Waals surface area contributed by atoms with Crippen molar-refractivity contribution in [2.75, 3.05) is 13.7 Å². The van der Waals surface area contributed by atoms with E-state index >= 15 is 0 Å². The molecule has 1 aromatic heterocycles. The monoisotopic (exact) mass is 344 g/mol. The third-order valence-electron chi connectivity index (χ3n) is 4.04. The quantitative estimate of drug-likeness (QED) is 0.667. The summed E-state index contributed by atoms with van der Waals surface area (Å²) in [5.41, 5.74) is -0.563. The summed E-state index contributed by atoms with van der Waals surface area (Å²) in [6, 6.07) is 9.75. The number of ketones is 1. The van der Waals surface area contributed by atoms with Crippen molar-refractivity contribution in [3.8, 4) is 5.75 Å². The Hall–Kier alpha value is -2.67. The van der Waals surface area contributed by atoms with E-state index in [9.17, 15) is 14.4 Å². The molecule has 3 amide bonds. The van der Waals surface area contributed by atoms with Gasteiger partial charge in [0.15, 0.2) is 5.78 Å². The van der Waals surface area contributed by atoms with Gasteiger partial charge < -0.3 is 10.1 Å². The summed E-state index contributed by atoms with van der Waals surface area (Å²) < 4.78 is 5.10. The zero-order valence-corrected chi connectivity index (χ0v) is 14.1. The number of nitrogens with one attached hydrogen (secondary N) is 1. The van der Waals surface area contributed by atoms with Crippen LogP contribution in [0.5, 0.6) is 5.75 Å². The predicted octanol–water partition coefficient (Wildman–Crippen LogP) is 2.41. The van der Waals surface area contributed by atoms with Crippen molar-refractivity contribution in [1.29, 1.82) is 0 Å². The zero-order chi connectivity index (χ0) is 17.3. The van der Waals surface area contributed by atoms with Gasteiger partial charge in [-0.1, -0.05) is 18.2 Å². The van der Waals surface area contributed by atoms with E-state index in [-0.39, 0.29) is 12.3 Å². The Labute approximate surface area is 143 Å². The molecule has 1 atom stereocenters. The Morgan fingerprint density at radius 2 is 1.96 bits per heavy atom. The molecular formula is C17H16N2O4S. The molecule has 0 saturated carbocycles. The molecule has 0 bridgehead atoms. The van der Waals surface area contributed by atoms with Crippen LogP contribution in [0.15, 0.2) is 41.8 Å². The minimum absolute atomic E-state index is 0.257. The van der Waals surface area contributed by atoms with E-state index < -0.39 is 17.5 Å². The smallest absolute Gasteiger partial charge is 0.325 e. The van der Waals surface area contributed by atoms with Gasteiger partial charge in [-0.25, -0.2) is 4.79 Å². The van der Waals surface area contributed by atoms with E-state index in [0.717, 1.165) is 4.90 Å². The van der Waals surface area contributed by atoms with Gasteiger partial charge in [-0.05, 0) is 36.1 Å². The molecule has 0 radical (unpaired) electrons. The first-order chi connectivity index (χ1) is 11.5. The average Bonchev–Trinajstić information content (AvgIpc) is 3.19. The number of imide groups is 1. The van der Waals surface area contributed by atoms with Crippen molar-refractivity contribution >= 4 is 29.1 Å². The second kappa shape index (κ2) is 6.09. The second-order valence-corrected chi connectivity index (χ2v) is 6.52. The zero-order valence-electron chi connectivity index (χ0n) is 13.2. The number of methoxy groups -OCH3 is 1. The first-order valence-electron chi connectivity index (χ1n) is 7.31. The molecule has 1 aliphatic heterocycles. The van der Waals surface area contributed by atoms with Gasteiger partial charge in [0, 0.05) is 0 Å². The molecule has 0 aliphatic carbocycles. The topological polar surface area (TPSA) is 75.7 Å². The lowest BCUT2D eigenvalue weighted by Gasteiger charge is -2.22. The van der Waals surface area contributed by atoms with Crippen LogP contribution >= 0.6 is 11.3 Å². The Morgan fingerprint density at radius 1 is 1.25 bits per heavy atom. The predicted molar refractivity (Wildman–Crippen MR) is 89.2 cm³/mol. The van der Waals surface area contributed by atoms with Crippen LogP contribution in [0.1, 0.15) is 22.2 Å². The summed E-state index contributed by atoms with van der Waals surface area (Å²) in [4.78, 5) is 38.7. The highest BCUT2D eigenvalue weighted by atomic mass is 32.1. The lowest BCUT2D eigenvalue weighted by Crippen LogP contribution is -2.41. The first kappa shape index (κ1) is 16.2. The maximum atomic E-state index is 12.8. The Kier molecular flexibility index (Phi) is 4.11. The minimum Gasteiger partial charge on any atom is -0.497 e. The molecule has 1 N–H and O–H groups in total. The number of urea groups is 1. The number of hydrogen-bond donors (Lipinski definition) is 1. The van der Waals surface area contributed by atoms with Gasteiger partial charge in [0.1, 0.15) is 11.3 Å². The maximum absolute atomic E-state index is 12.8. The molecule has 6 nitrogen and oxygen atoms in total. The number of hydrogen-bond acceptors (Lipinski definition) is 5. The lowest BCUT2D eigenvalue weighted by molar-refractivity contribution is -0.130. The van der Waals surface area contributed by atoms with Gasteiger partial charge >= 0.3 is 6.03 Å². The third kappa shape index (κ3) is 2.67. The molecule has 3 rings (SSSR count). The number of benzene rings is 1. The van der Waals surface area contributed by atoms with E-state index in [4.69, 9.17) is 4.74 Å². The van der Waals surface area contributed by atoms with Crippen LogP contribution in [0.2, 0.25) is 0 Å². The molecule has 1 aliphatic rings. The first-order valence-corrected chi connectivity index (χ1v) is 8.19. The molecule has 2 aromatic rings. The molecule has 0 unspecified atom stereocenters. The molecule has 1 saturated heterocycles. The van der Waals surface area contributed by atoms with Crippen molar-refractivity contribution < 1.29 is 19.1 Å². The Balaban J connectivity index is 1.83. The van der Waals surface area contributed by atoms with E-state index in [0.29, 0.717) is 16.2 Å². The fourth-order valence-corrected chi connectivity index (χ4v) is 3.28. The molecule has 2 heterocycles. The minimum atomic E-state index is -1.20. The highest BCUT2D eigenvalue weighted by Gasteiger charge is 2.49. The van der Waals surface area contributed by atoms with E-state index in [2.05, 4.69) is 5.32 Å². The molecule has 124 valence electrons. The van der Waals surface area contributed by atoms with Gasteiger partial charge in [-0.3, -0.25) is 14.5 Å². The van der Waals surface area contributed by atoms with Crippen LogP contribution in [0.4, 0.5) is 4.79 Å². The van der Waals surface area contributed by atoms with Crippen LogP contribution in [0, 0.1) is 0 Å². The maximum Gasteiger partial charge on any atom is 0.325 e. The summed E-state index contributed by atoms with van der Waals surface area (Å²) in [6.45, 7) is 1.36. The summed E-state index contributed by atoms with van der Waals surface area (Å²) in [7, 11) is 1.55. The van der Waals surface area contributed by atoms with Gasteiger partial charge in [-0.15, -0.1) is 11.3 Å². The third-order valence-corrected chi connectivity index (χ3v) is 4.95. The molecule has 1 aromatic carbocycles. The fraction of sp³-hybridized carbons (Fsp3) is 0.235. The fourth-order valence-electron chi connectivity index (χ4n) is 2.62. The highest BCUT2D eigenvalue weighted by Crippen LogP contribution is 2.30. The molecule has 7 heteroatoms. The van der Waals surface area contributed by atoms with Crippen molar-refractivity contribution in [2.24, 2.45) is 0 Å². The van der Waals surface area contributed by atoms with Crippen LogP contribution in [0.25, 0.3) is 0 Å². The van der Waals surface area contributed by atoms with E-state index in [1.807, 2.05) is 0 Å². The van der Waals surface area contributed by atoms with Crippen LogP contribution < -0.4 is 10.1 Å². The number of carbonyl (C=O) groups is 3. The summed E-state index contributed by atoms with van der Waals surface area (Å²) >= 11 is 1.28. The van der Waals surface area contributed by atoms with Gasteiger partial charge in [-0.2, -0.15) is 0 Å². The number of rotatable bonds is 5. The molecule has 1 fully saturated rings. The molecule has 0 spiro atoms. The largest absolute Gasteiger partial charge is 0.497 e. The number of Topliss-reactive ketones (excluding diaryl/α,β-unsaturated/α-hetero) is 1. The van der Waals surface area contributed by atoms with Crippen LogP contribution in [-0.4, -0.2) is 36.3 Å². The number of thiophene rings is 1. The Bertz CT molecular complexity index is 785. The highest BCUT2D eigenvalue weighted by molar-refractivity contribution is 7.12. The van der Waals surface area contributed by atoms with Gasteiger partial charge in [0.2, 0.25) is 0 Å². The van der Waals surface area contributed by atoms with Crippen molar-refractivity contribution in [3.63, 3.8) is 0 Å². The van der Waals surface area contributed by atoms with Crippen LogP contribution in [-0.2, 0) is 10.3 Å². The number of ether oxygens (including phenoxy) is 1. The lowest BCUT2D eigenvalue weighted by atomic mass is 9.92.